The van der Waals surface area contributed by atoms with Crippen LogP contribution >= 0.6 is 0 Å². The molecule has 3 nitrogen and oxygen atoms in total. The highest BCUT2D eigenvalue weighted by Gasteiger charge is 2.51. The molecule has 18 heavy (non-hydrogen) atoms. The molecule has 1 aliphatic carbocycles. The number of aryl methyl sites for hydroxylation is 1. The van der Waals surface area contributed by atoms with Crippen molar-refractivity contribution in [3.63, 3.8) is 0 Å². The predicted octanol–water partition coefficient (Wildman–Crippen LogP) is 2.78. The number of rotatable bonds is 4. The first-order valence-electron chi connectivity index (χ1n) is 6.36. The lowest BCUT2D eigenvalue weighted by Gasteiger charge is -2.37. The topological polar surface area (TPSA) is 43.4 Å². The molecule has 0 aromatic heterocycles. The van der Waals surface area contributed by atoms with Gasteiger partial charge < -0.3 is 4.74 Å². The van der Waals surface area contributed by atoms with E-state index in [4.69, 9.17) is 4.74 Å². The highest BCUT2D eigenvalue weighted by atomic mass is 16.5. The number of carbonyl (C=O) groups excluding carboxylic acids is 2. The standard InChI is InChI=1S/C15H18O3/c1-3-11-5-7-12(8-6-11)13(16)15(9-4-10-15)14(17)18-2/h5-8H,3-4,9-10H2,1-2H3. The second-order valence-electron chi connectivity index (χ2n) is 4.81. The third-order valence-electron chi connectivity index (χ3n) is 3.84. The minimum atomic E-state index is -0.914. The lowest BCUT2D eigenvalue weighted by Crippen LogP contribution is -2.45. The SMILES string of the molecule is CCc1ccc(C(=O)C2(C(=O)OC)CCC2)cc1. The molecule has 0 amide bonds. The van der Waals surface area contributed by atoms with Gasteiger partial charge in [0.05, 0.1) is 7.11 Å². The molecular formula is C15H18O3. The van der Waals surface area contributed by atoms with Crippen molar-refractivity contribution in [2.75, 3.05) is 7.11 Å². The number of benzene rings is 1. The molecule has 0 aliphatic heterocycles. The molecule has 0 heterocycles. The van der Waals surface area contributed by atoms with Crippen molar-refractivity contribution >= 4 is 11.8 Å². The van der Waals surface area contributed by atoms with Gasteiger partial charge in [0.2, 0.25) is 0 Å². The minimum Gasteiger partial charge on any atom is -0.468 e. The van der Waals surface area contributed by atoms with E-state index < -0.39 is 11.4 Å². The summed E-state index contributed by atoms with van der Waals surface area (Å²) >= 11 is 0. The van der Waals surface area contributed by atoms with Gasteiger partial charge in [-0.2, -0.15) is 0 Å². The van der Waals surface area contributed by atoms with Gasteiger partial charge in [0.1, 0.15) is 5.41 Å². The van der Waals surface area contributed by atoms with Crippen molar-refractivity contribution in [1.82, 2.24) is 0 Å². The van der Waals surface area contributed by atoms with Crippen LogP contribution in [0.5, 0.6) is 0 Å². The predicted molar refractivity (Wildman–Crippen MR) is 68.5 cm³/mol. The summed E-state index contributed by atoms with van der Waals surface area (Å²) in [6.45, 7) is 2.07. The van der Waals surface area contributed by atoms with E-state index in [1.54, 1.807) is 0 Å². The van der Waals surface area contributed by atoms with Crippen LogP contribution in [0.15, 0.2) is 24.3 Å². The Labute approximate surface area is 107 Å². The van der Waals surface area contributed by atoms with Crippen molar-refractivity contribution in [1.29, 1.82) is 0 Å². The van der Waals surface area contributed by atoms with Crippen molar-refractivity contribution in [2.45, 2.75) is 32.6 Å². The summed E-state index contributed by atoms with van der Waals surface area (Å²) < 4.78 is 4.79. The Morgan fingerprint density at radius 3 is 2.22 bits per heavy atom. The highest BCUT2D eigenvalue weighted by molar-refractivity contribution is 6.13. The molecule has 0 N–H and O–H groups in total. The Kier molecular flexibility index (Phi) is 3.50. The molecule has 3 heteroatoms. The Balaban J connectivity index is 2.26. The molecule has 1 aromatic carbocycles. The molecule has 0 atom stereocenters. The van der Waals surface area contributed by atoms with Gasteiger partial charge in [0, 0.05) is 5.56 Å². The van der Waals surface area contributed by atoms with Gasteiger partial charge in [-0.25, -0.2) is 0 Å². The van der Waals surface area contributed by atoms with Crippen molar-refractivity contribution in [3.05, 3.63) is 35.4 Å². The fraction of sp³-hybridized carbons (Fsp3) is 0.467. The number of hydrogen-bond donors (Lipinski definition) is 0. The van der Waals surface area contributed by atoms with Crippen molar-refractivity contribution < 1.29 is 14.3 Å². The largest absolute Gasteiger partial charge is 0.468 e. The Hall–Kier alpha value is -1.64. The quantitative estimate of drug-likeness (QED) is 0.466. The monoisotopic (exact) mass is 246 g/mol. The van der Waals surface area contributed by atoms with Crippen LogP contribution in [0.25, 0.3) is 0 Å². The number of hydrogen-bond acceptors (Lipinski definition) is 3. The first kappa shape index (κ1) is 12.8. The zero-order valence-electron chi connectivity index (χ0n) is 10.9. The van der Waals surface area contributed by atoms with E-state index in [9.17, 15) is 9.59 Å². The zero-order valence-corrected chi connectivity index (χ0v) is 10.9. The number of carbonyl (C=O) groups is 2. The first-order chi connectivity index (χ1) is 8.64. The number of Topliss-reactive ketones (excluding diaryl/α,β-unsaturated/α-hetero) is 1. The lowest BCUT2D eigenvalue weighted by atomic mass is 9.64. The van der Waals surface area contributed by atoms with Gasteiger partial charge >= 0.3 is 5.97 Å². The van der Waals surface area contributed by atoms with Crippen molar-refractivity contribution in [2.24, 2.45) is 5.41 Å². The first-order valence-corrected chi connectivity index (χ1v) is 6.36. The van der Waals surface area contributed by atoms with Gasteiger partial charge in [-0.15, -0.1) is 0 Å². The molecule has 1 aliphatic rings. The van der Waals surface area contributed by atoms with E-state index >= 15 is 0 Å². The maximum Gasteiger partial charge on any atom is 0.319 e. The number of methoxy groups -OCH3 is 1. The number of ketones is 1. The molecule has 0 unspecified atom stereocenters. The summed E-state index contributed by atoms with van der Waals surface area (Å²) in [6.07, 6.45) is 3.06. The van der Waals surface area contributed by atoms with Crippen LogP contribution in [0.4, 0.5) is 0 Å². The van der Waals surface area contributed by atoms with Gasteiger partial charge in [-0.3, -0.25) is 9.59 Å². The van der Waals surface area contributed by atoms with Gasteiger partial charge in [0.25, 0.3) is 0 Å². The molecule has 1 fully saturated rings. The molecule has 0 radical (unpaired) electrons. The van der Waals surface area contributed by atoms with Gasteiger partial charge in [-0.1, -0.05) is 37.6 Å². The molecule has 1 saturated carbocycles. The molecule has 0 spiro atoms. The van der Waals surface area contributed by atoms with Crippen LogP contribution < -0.4 is 0 Å². The van der Waals surface area contributed by atoms with E-state index in [0.717, 1.165) is 12.8 Å². The van der Waals surface area contributed by atoms with Gasteiger partial charge in [0.15, 0.2) is 5.78 Å². The van der Waals surface area contributed by atoms with Gasteiger partial charge in [-0.05, 0) is 24.8 Å². The Morgan fingerprint density at radius 1 is 1.22 bits per heavy atom. The molecular weight excluding hydrogens is 228 g/mol. The minimum absolute atomic E-state index is 0.0942. The third-order valence-corrected chi connectivity index (χ3v) is 3.84. The zero-order chi connectivity index (χ0) is 13.2. The average molecular weight is 246 g/mol. The fourth-order valence-corrected chi connectivity index (χ4v) is 2.42. The Morgan fingerprint density at radius 2 is 1.83 bits per heavy atom. The van der Waals surface area contributed by atoms with Crippen LogP contribution in [0.1, 0.15) is 42.1 Å². The number of esters is 1. The Bertz CT molecular complexity index is 455. The van der Waals surface area contributed by atoms with Crippen LogP contribution in [0.3, 0.4) is 0 Å². The lowest BCUT2D eigenvalue weighted by molar-refractivity contribution is -0.153. The summed E-state index contributed by atoms with van der Waals surface area (Å²) in [6, 6.07) is 7.50. The molecule has 96 valence electrons. The maximum absolute atomic E-state index is 12.4. The summed E-state index contributed by atoms with van der Waals surface area (Å²) in [7, 11) is 1.34. The maximum atomic E-state index is 12.4. The summed E-state index contributed by atoms with van der Waals surface area (Å²) in [5.41, 5.74) is 0.882. The van der Waals surface area contributed by atoms with Crippen LogP contribution in [-0.4, -0.2) is 18.9 Å². The average Bonchev–Trinajstić information content (AvgIpc) is 2.37. The molecule has 1 aromatic rings. The van der Waals surface area contributed by atoms with E-state index in [1.165, 1.54) is 12.7 Å². The normalized spacial score (nSPS) is 16.8. The van der Waals surface area contributed by atoms with E-state index in [-0.39, 0.29) is 5.78 Å². The smallest absolute Gasteiger partial charge is 0.319 e. The summed E-state index contributed by atoms with van der Waals surface area (Å²) in [4.78, 5) is 24.3. The molecule has 2 rings (SSSR count). The van der Waals surface area contributed by atoms with Crippen molar-refractivity contribution in [3.8, 4) is 0 Å². The van der Waals surface area contributed by atoms with Crippen LogP contribution in [-0.2, 0) is 16.0 Å². The highest BCUT2D eigenvalue weighted by Crippen LogP contribution is 2.44. The van der Waals surface area contributed by atoms with Crippen LogP contribution in [0, 0.1) is 5.41 Å². The number of ether oxygens (including phenoxy) is 1. The summed E-state index contributed by atoms with van der Waals surface area (Å²) in [5.74, 6) is -0.485. The molecule has 0 bridgehead atoms. The summed E-state index contributed by atoms with van der Waals surface area (Å²) in [5, 5.41) is 0. The van der Waals surface area contributed by atoms with E-state index in [0.29, 0.717) is 18.4 Å². The second-order valence-corrected chi connectivity index (χ2v) is 4.81. The van der Waals surface area contributed by atoms with E-state index in [1.807, 2.05) is 24.3 Å². The molecule has 0 saturated heterocycles. The fourth-order valence-electron chi connectivity index (χ4n) is 2.42. The second kappa shape index (κ2) is 4.92. The van der Waals surface area contributed by atoms with E-state index in [2.05, 4.69) is 6.92 Å². The third kappa shape index (κ3) is 1.94. The van der Waals surface area contributed by atoms with Crippen LogP contribution in [0.2, 0.25) is 0 Å².